The van der Waals surface area contributed by atoms with Gasteiger partial charge in [-0.3, -0.25) is 4.79 Å². The molecule has 0 aliphatic rings. The quantitative estimate of drug-likeness (QED) is 0.800. The molecule has 0 fully saturated rings. The Labute approximate surface area is 125 Å². The van der Waals surface area contributed by atoms with Crippen LogP contribution in [0.25, 0.3) is 0 Å². The Kier molecular flexibility index (Phi) is 5.49. The summed E-state index contributed by atoms with van der Waals surface area (Å²) in [6.07, 6.45) is 0.217. The van der Waals surface area contributed by atoms with Crippen LogP contribution in [-0.4, -0.2) is 36.2 Å². The molecule has 0 aliphatic carbocycles. The second-order valence-corrected chi connectivity index (χ2v) is 5.60. The second-order valence-electron chi connectivity index (χ2n) is 5.60. The van der Waals surface area contributed by atoms with E-state index in [1.54, 1.807) is 0 Å². The minimum Gasteiger partial charge on any atom is -0.467 e. The lowest BCUT2D eigenvalue weighted by molar-refractivity contribution is -0.160. The molecule has 0 saturated heterocycles. The minimum absolute atomic E-state index is 0.178. The second kappa shape index (κ2) is 6.72. The molecule has 5 nitrogen and oxygen atoms in total. The lowest BCUT2D eigenvalue weighted by atomic mass is 9.97. The van der Waals surface area contributed by atoms with Crippen molar-refractivity contribution in [3.63, 3.8) is 0 Å². The molecule has 1 rings (SSSR count). The maximum atomic E-state index is 12.0. The molecule has 0 heterocycles. The largest absolute Gasteiger partial charge is 0.467 e. The summed E-state index contributed by atoms with van der Waals surface area (Å²) in [5.41, 5.74) is 2.52. The highest BCUT2D eigenvalue weighted by Gasteiger charge is 2.31. The molecule has 0 radical (unpaired) electrons. The number of carbonyl (C=O) groups excluding carboxylic acids is 2. The molecular formula is C16H23NO4. The van der Waals surface area contributed by atoms with Gasteiger partial charge in [0.25, 0.3) is 0 Å². The molecule has 1 atom stereocenters. The van der Waals surface area contributed by atoms with Crippen molar-refractivity contribution < 1.29 is 19.4 Å². The first-order valence-corrected chi connectivity index (χ1v) is 6.81. The monoisotopic (exact) mass is 293 g/mol. The Balaban J connectivity index is 2.69. The summed E-state index contributed by atoms with van der Waals surface area (Å²) in [5, 5.41) is 12.4. The highest BCUT2D eigenvalue weighted by atomic mass is 16.5. The highest BCUT2D eigenvalue weighted by molar-refractivity contribution is 5.82. The number of hydrogen-bond acceptors (Lipinski definition) is 4. The predicted molar refractivity (Wildman–Crippen MR) is 80.0 cm³/mol. The molecule has 2 N–H and O–H groups in total. The molecule has 21 heavy (non-hydrogen) atoms. The van der Waals surface area contributed by atoms with Crippen LogP contribution in [0.4, 0.5) is 0 Å². The van der Waals surface area contributed by atoms with Crippen LogP contribution in [0.15, 0.2) is 12.1 Å². The fraction of sp³-hybridized carbons (Fsp3) is 0.500. The first kappa shape index (κ1) is 17.2. The molecule has 0 spiro atoms. The fourth-order valence-electron chi connectivity index (χ4n) is 2.27. The van der Waals surface area contributed by atoms with Gasteiger partial charge in [-0.15, -0.1) is 0 Å². The van der Waals surface area contributed by atoms with Gasteiger partial charge in [-0.05, 0) is 44.4 Å². The Morgan fingerprint density at radius 3 is 2.24 bits per heavy atom. The highest BCUT2D eigenvalue weighted by Crippen LogP contribution is 2.17. The molecule has 116 valence electrons. The van der Waals surface area contributed by atoms with E-state index in [2.05, 4.69) is 10.1 Å². The third-order valence-electron chi connectivity index (χ3n) is 3.43. The SMILES string of the molecule is COC(=O)C(C)(O)CNC(=O)Cc1c(C)cc(C)cc1C. The molecule has 0 aromatic heterocycles. The van der Waals surface area contributed by atoms with Crippen LogP contribution in [0.3, 0.4) is 0 Å². The number of nitrogens with one attached hydrogen (secondary N) is 1. The molecule has 0 aliphatic heterocycles. The summed E-state index contributed by atoms with van der Waals surface area (Å²) in [5.74, 6) is -1.01. The summed E-state index contributed by atoms with van der Waals surface area (Å²) in [7, 11) is 1.19. The number of rotatable bonds is 5. The molecular weight excluding hydrogens is 270 g/mol. The zero-order valence-electron chi connectivity index (χ0n) is 13.2. The van der Waals surface area contributed by atoms with Crippen LogP contribution in [0.2, 0.25) is 0 Å². The topological polar surface area (TPSA) is 75.6 Å². The van der Waals surface area contributed by atoms with Crippen molar-refractivity contribution >= 4 is 11.9 Å². The number of benzene rings is 1. The van der Waals surface area contributed by atoms with E-state index >= 15 is 0 Å². The van der Waals surface area contributed by atoms with Gasteiger partial charge in [0.1, 0.15) is 0 Å². The van der Waals surface area contributed by atoms with Gasteiger partial charge in [-0.25, -0.2) is 4.79 Å². The molecule has 0 bridgehead atoms. The first-order chi connectivity index (χ1) is 9.67. The zero-order chi connectivity index (χ0) is 16.2. The summed E-state index contributed by atoms with van der Waals surface area (Å²) in [4.78, 5) is 23.3. The van der Waals surface area contributed by atoms with E-state index in [0.717, 1.165) is 22.3 Å². The third kappa shape index (κ3) is 4.56. The number of esters is 1. The lowest BCUT2D eigenvalue weighted by Crippen LogP contribution is -2.47. The van der Waals surface area contributed by atoms with E-state index < -0.39 is 11.6 Å². The predicted octanol–water partition coefficient (Wildman–Crippen LogP) is 1.19. The Bertz CT molecular complexity index is 526. The number of hydrogen-bond donors (Lipinski definition) is 2. The summed E-state index contributed by atoms with van der Waals surface area (Å²) in [6, 6.07) is 4.06. The van der Waals surface area contributed by atoms with Crippen LogP contribution in [-0.2, 0) is 20.7 Å². The van der Waals surface area contributed by atoms with Gasteiger partial charge in [-0.2, -0.15) is 0 Å². The number of aryl methyl sites for hydroxylation is 3. The summed E-state index contributed by atoms with van der Waals surface area (Å²) < 4.78 is 4.48. The number of aliphatic hydroxyl groups is 1. The Hall–Kier alpha value is -1.88. The number of ether oxygens (including phenoxy) is 1. The van der Waals surface area contributed by atoms with Crippen molar-refractivity contribution in [3.8, 4) is 0 Å². The van der Waals surface area contributed by atoms with Gasteiger partial charge in [0, 0.05) is 0 Å². The Morgan fingerprint density at radius 1 is 1.24 bits per heavy atom. The Morgan fingerprint density at radius 2 is 1.76 bits per heavy atom. The van der Waals surface area contributed by atoms with Crippen LogP contribution in [0, 0.1) is 20.8 Å². The minimum atomic E-state index is -1.72. The van der Waals surface area contributed by atoms with Gasteiger partial charge in [0.15, 0.2) is 5.60 Å². The van der Waals surface area contributed by atoms with E-state index in [1.807, 2.05) is 32.9 Å². The van der Waals surface area contributed by atoms with Crippen LogP contribution in [0.1, 0.15) is 29.2 Å². The normalized spacial score (nSPS) is 13.4. The molecule has 5 heteroatoms. The smallest absolute Gasteiger partial charge is 0.339 e. The maximum absolute atomic E-state index is 12.0. The van der Waals surface area contributed by atoms with Gasteiger partial charge >= 0.3 is 5.97 Å². The van der Waals surface area contributed by atoms with Crippen molar-refractivity contribution in [2.24, 2.45) is 0 Å². The number of carbonyl (C=O) groups is 2. The average Bonchev–Trinajstić information content (AvgIpc) is 2.39. The average molecular weight is 293 g/mol. The number of amides is 1. The van der Waals surface area contributed by atoms with E-state index in [-0.39, 0.29) is 18.9 Å². The molecule has 1 aromatic carbocycles. The van der Waals surface area contributed by atoms with E-state index in [0.29, 0.717) is 0 Å². The molecule has 1 amide bonds. The first-order valence-electron chi connectivity index (χ1n) is 6.81. The molecule has 0 saturated carbocycles. The number of methoxy groups -OCH3 is 1. The van der Waals surface area contributed by atoms with Gasteiger partial charge < -0.3 is 15.2 Å². The standard InChI is InChI=1S/C16H23NO4/c1-10-6-11(2)13(12(3)7-10)8-14(18)17-9-16(4,20)15(19)21-5/h6-7,20H,8-9H2,1-5H3,(H,17,18). The van der Waals surface area contributed by atoms with Crippen LogP contribution >= 0.6 is 0 Å². The summed E-state index contributed by atoms with van der Waals surface area (Å²) >= 11 is 0. The van der Waals surface area contributed by atoms with E-state index in [4.69, 9.17) is 0 Å². The maximum Gasteiger partial charge on any atom is 0.339 e. The van der Waals surface area contributed by atoms with Crippen LogP contribution in [0.5, 0.6) is 0 Å². The zero-order valence-corrected chi connectivity index (χ0v) is 13.2. The van der Waals surface area contributed by atoms with Crippen molar-refractivity contribution in [2.45, 2.75) is 39.7 Å². The third-order valence-corrected chi connectivity index (χ3v) is 3.43. The van der Waals surface area contributed by atoms with Crippen LogP contribution < -0.4 is 5.32 Å². The van der Waals surface area contributed by atoms with E-state index in [9.17, 15) is 14.7 Å². The van der Waals surface area contributed by atoms with Crippen molar-refractivity contribution in [1.82, 2.24) is 5.32 Å². The molecule has 1 aromatic rings. The van der Waals surface area contributed by atoms with Gasteiger partial charge in [0.2, 0.25) is 5.91 Å². The summed E-state index contributed by atoms with van der Waals surface area (Å²) in [6.45, 7) is 7.07. The van der Waals surface area contributed by atoms with Gasteiger partial charge in [0.05, 0.1) is 20.1 Å². The van der Waals surface area contributed by atoms with Crippen molar-refractivity contribution in [1.29, 1.82) is 0 Å². The van der Waals surface area contributed by atoms with Gasteiger partial charge in [-0.1, -0.05) is 17.7 Å². The van der Waals surface area contributed by atoms with Crippen molar-refractivity contribution in [3.05, 3.63) is 34.4 Å². The van der Waals surface area contributed by atoms with E-state index in [1.165, 1.54) is 14.0 Å². The fourth-order valence-corrected chi connectivity index (χ4v) is 2.27. The van der Waals surface area contributed by atoms with Crippen molar-refractivity contribution in [2.75, 3.05) is 13.7 Å². The molecule has 1 unspecified atom stereocenters. The lowest BCUT2D eigenvalue weighted by Gasteiger charge is -2.20.